The highest BCUT2D eigenvalue weighted by Crippen LogP contribution is 2.41. The van der Waals surface area contributed by atoms with Crippen LogP contribution < -0.4 is 4.74 Å². The molecule has 33 heavy (non-hydrogen) atoms. The summed E-state index contributed by atoms with van der Waals surface area (Å²) in [4.78, 5) is 27.0. The Bertz CT molecular complexity index is 1110. The summed E-state index contributed by atoms with van der Waals surface area (Å²) in [5.74, 6) is 0.600. The highest BCUT2D eigenvalue weighted by atomic mass is 16.6. The number of aromatic nitrogens is 4. The number of benzene rings is 2. The summed E-state index contributed by atoms with van der Waals surface area (Å²) in [7, 11) is 1.73. The molecule has 0 atom stereocenters. The minimum atomic E-state index is -0.743. The Kier molecular flexibility index (Phi) is 6.67. The molecule has 1 aromatic heterocycles. The maximum absolute atomic E-state index is 13.1. The van der Waals surface area contributed by atoms with Gasteiger partial charge in [-0.15, -0.1) is 5.10 Å². The van der Waals surface area contributed by atoms with E-state index in [1.54, 1.807) is 53.9 Å². The van der Waals surface area contributed by atoms with E-state index in [0.717, 1.165) is 19.3 Å². The van der Waals surface area contributed by atoms with Crippen LogP contribution in [0.3, 0.4) is 0 Å². The van der Waals surface area contributed by atoms with Crippen molar-refractivity contribution in [2.45, 2.75) is 44.6 Å². The summed E-state index contributed by atoms with van der Waals surface area (Å²) in [6.45, 7) is 2.05. The Morgan fingerprint density at radius 1 is 1.06 bits per heavy atom. The molecule has 9 heteroatoms. The molecule has 0 aliphatic heterocycles. The minimum absolute atomic E-state index is 0.288. The number of rotatable bonds is 6. The number of nitrogens with zero attached hydrogens (tertiary/aromatic N) is 5. The van der Waals surface area contributed by atoms with Gasteiger partial charge in [-0.1, -0.05) is 43.5 Å². The largest absolute Gasteiger partial charge is 0.462 e. The van der Waals surface area contributed by atoms with Crippen LogP contribution in [0.15, 0.2) is 54.6 Å². The van der Waals surface area contributed by atoms with Gasteiger partial charge in [0.1, 0.15) is 11.3 Å². The van der Waals surface area contributed by atoms with Crippen molar-refractivity contribution in [3.05, 3.63) is 66.0 Å². The van der Waals surface area contributed by atoms with Crippen molar-refractivity contribution in [2.24, 2.45) is 0 Å². The van der Waals surface area contributed by atoms with Gasteiger partial charge in [-0.05, 0) is 60.5 Å². The third-order valence-corrected chi connectivity index (χ3v) is 6.03. The van der Waals surface area contributed by atoms with Gasteiger partial charge in [0.2, 0.25) is 0 Å². The number of amides is 1. The third kappa shape index (κ3) is 4.57. The molecule has 3 aromatic rings. The van der Waals surface area contributed by atoms with Crippen LogP contribution in [-0.4, -0.2) is 50.8 Å². The number of carbonyl (C=O) groups is 2. The van der Waals surface area contributed by atoms with Gasteiger partial charge in [0, 0.05) is 7.05 Å². The second-order valence-electron chi connectivity index (χ2n) is 8.02. The highest BCUT2D eigenvalue weighted by Gasteiger charge is 2.45. The normalized spacial score (nSPS) is 15.0. The molecule has 4 rings (SSSR count). The van der Waals surface area contributed by atoms with Crippen molar-refractivity contribution < 1.29 is 19.1 Å². The lowest BCUT2D eigenvalue weighted by atomic mass is 9.79. The number of carbonyl (C=O) groups excluding carboxylic acids is 2. The summed E-state index contributed by atoms with van der Waals surface area (Å²) in [5, 5.41) is 12.5. The minimum Gasteiger partial charge on any atom is -0.462 e. The number of ether oxygens (including phenoxy) is 2. The fourth-order valence-electron chi connectivity index (χ4n) is 4.31. The van der Waals surface area contributed by atoms with Crippen LogP contribution in [-0.2, 0) is 10.3 Å². The van der Waals surface area contributed by atoms with Crippen molar-refractivity contribution in [3.63, 3.8) is 0 Å². The fourth-order valence-corrected chi connectivity index (χ4v) is 4.31. The molecule has 0 N–H and O–H groups in total. The van der Waals surface area contributed by atoms with Crippen molar-refractivity contribution >= 4 is 12.1 Å². The number of hydrogen-bond acceptors (Lipinski definition) is 7. The van der Waals surface area contributed by atoms with Gasteiger partial charge in [0.05, 0.1) is 17.9 Å². The SMILES string of the molecule is CCOC(=O)c1cccc(-n2nnnc2C2(N(C)C(=O)Oc3ccccc3)CCCCC2)c1. The molecular formula is C24H27N5O4. The van der Waals surface area contributed by atoms with E-state index in [0.29, 0.717) is 35.7 Å². The Hall–Kier alpha value is -3.75. The molecule has 1 aliphatic rings. The lowest BCUT2D eigenvalue weighted by Gasteiger charge is -2.42. The van der Waals surface area contributed by atoms with E-state index >= 15 is 0 Å². The van der Waals surface area contributed by atoms with Crippen molar-refractivity contribution in [1.29, 1.82) is 0 Å². The van der Waals surface area contributed by atoms with Crippen molar-refractivity contribution in [1.82, 2.24) is 25.1 Å². The summed E-state index contributed by atoms with van der Waals surface area (Å²) in [5.41, 5.74) is 0.286. The molecule has 0 saturated heterocycles. The first-order valence-corrected chi connectivity index (χ1v) is 11.1. The van der Waals surface area contributed by atoms with Crippen LogP contribution in [0.4, 0.5) is 4.79 Å². The average molecular weight is 450 g/mol. The molecule has 9 nitrogen and oxygen atoms in total. The zero-order chi connectivity index (χ0) is 23.3. The summed E-state index contributed by atoms with van der Waals surface area (Å²) < 4.78 is 12.3. The highest BCUT2D eigenvalue weighted by molar-refractivity contribution is 5.90. The molecule has 0 spiro atoms. The predicted molar refractivity (Wildman–Crippen MR) is 120 cm³/mol. The Labute approximate surface area is 192 Å². The average Bonchev–Trinajstić information content (AvgIpc) is 3.35. The van der Waals surface area contributed by atoms with E-state index in [1.165, 1.54) is 0 Å². The van der Waals surface area contributed by atoms with Crippen LogP contribution >= 0.6 is 0 Å². The maximum Gasteiger partial charge on any atom is 0.415 e. The van der Waals surface area contributed by atoms with Crippen LogP contribution in [0.1, 0.15) is 55.2 Å². The first kappa shape index (κ1) is 22.4. The predicted octanol–water partition coefficient (Wildman–Crippen LogP) is 4.13. The van der Waals surface area contributed by atoms with Gasteiger partial charge in [-0.2, -0.15) is 4.68 Å². The quantitative estimate of drug-likeness (QED) is 0.522. The Morgan fingerprint density at radius 2 is 1.82 bits per heavy atom. The van der Waals surface area contributed by atoms with Crippen LogP contribution in [0, 0.1) is 0 Å². The first-order chi connectivity index (χ1) is 16.0. The van der Waals surface area contributed by atoms with E-state index in [9.17, 15) is 9.59 Å². The van der Waals surface area contributed by atoms with Crippen LogP contribution in [0.5, 0.6) is 5.75 Å². The molecule has 0 radical (unpaired) electrons. The molecular weight excluding hydrogens is 422 g/mol. The lowest BCUT2D eigenvalue weighted by Crippen LogP contribution is -2.51. The van der Waals surface area contributed by atoms with Crippen molar-refractivity contribution in [2.75, 3.05) is 13.7 Å². The molecule has 1 saturated carbocycles. The zero-order valence-electron chi connectivity index (χ0n) is 18.8. The molecule has 1 amide bonds. The van der Waals surface area contributed by atoms with Gasteiger partial charge in [-0.3, -0.25) is 4.90 Å². The maximum atomic E-state index is 13.1. The van der Waals surface area contributed by atoms with Crippen LogP contribution in [0.2, 0.25) is 0 Å². The third-order valence-electron chi connectivity index (χ3n) is 6.03. The fraction of sp³-hybridized carbons (Fsp3) is 0.375. The van der Waals surface area contributed by atoms with Gasteiger partial charge in [0.15, 0.2) is 5.82 Å². The summed E-state index contributed by atoms with van der Waals surface area (Å²) >= 11 is 0. The molecule has 0 unspecified atom stereocenters. The molecule has 1 aliphatic carbocycles. The Morgan fingerprint density at radius 3 is 2.55 bits per heavy atom. The summed E-state index contributed by atoms with van der Waals surface area (Å²) in [6.07, 6.45) is 3.86. The molecule has 1 heterocycles. The molecule has 1 fully saturated rings. The second-order valence-corrected chi connectivity index (χ2v) is 8.02. The first-order valence-electron chi connectivity index (χ1n) is 11.1. The van der Waals surface area contributed by atoms with E-state index in [1.807, 2.05) is 24.3 Å². The monoisotopic (exact) mass is 449 g/mol. The lowest BCUT2D eigenvalue weighted by molar-refractivity contribution is 0.0526. The molecule has 0 bridgehead atoms. The number of esters is 1. The summed E-state index contributed by atoms with van der Waals surface area (Å²) in [6, 6.07) is 15.9. The number of tetrazole rings is 1. The van der Waals surface area contributed by atoms with E-state index in [-0.39, 0.29) is 6.61 Å². The van der Waals surface area contributed by atoms with E-state index in [2.05, 4.69) is 15.5 Å². The zero-order valence-corrected chi connectivity index (χ0v) is 18.8. The molecule has 2 aromatic carbocycles. The van der Waals surface area contributed by atoms with E-state index in [4.69, 9.17) is 9.47 Å². The van der Waals surface area contributed by atoms with Gasteiger partial charge in [0.25, 0.3) is 0 Å². The van der Waals surface area contributed by atoms with Gasteiger partial charge < -0.3 is 9.47 Å². The number of para-hydroxylation sites is 1. The van der Waals surface area contributed by atoms with Gasteiger partial charge >= 0.3 is 12.1 Å². The second kappa shape index (κ2) is 9.81. The Balaban J connectivity index is 1.70. The van der Waals surface area contributed by atoms with Crippen molar-refractivity contribution in [3.8, 4) is 11.4 Å². The standard InChI is InChI=1S/C24H27N5O4/c1-3-32-21(30)18-11-10-12-19(17-18)29-22(25-26-27-29)24(15-8-5-9-16-24)28(2)23(31)33-20-13-6-4-7-14-20/h4,6-7,10-14,17H,3,5,8-9,15-16H2,1-2H3. The van der Waals surface area contributed by atoms with Crippen LogP contribution in [0.25, 0.3) is 5.69 Å². The smallest absolute Gasteiger partial charge is 0.415 e. The topological polar surface area (TPSA) is 99.4 Å². The van der Waals surface area contributed by atoms with E-state index < -0.39 is 17.6 Å². The molecule has 172 valence electrons. The van der Waals surface area contributed by atoms with Gasteiger partial charge in [-0.25, -0.2) is 9.59 Å². The number of hydrogen-bond donors (Lipinski definition) is 0.